The van der Waals surface area contributed by atoms with E-state index in [-0.39, 0.29) is 36.6 Å². The fraction of sp³-hybridized carbons (Fsp3) is 0.273. The van der Waals surface area contributed by atoms with Gasteiger partial charge in [-0.15, -0.1) is 24.8 Å². The second-order valence-electron chi connectivity index (χ2n) is 6.69. The highest BCUT2D eigenvalue weighted by atomic mass is 35.5. The standard InChI is InChI=1S/C22H25N3O3.2ClH/c1-14(12-23)13-24-22(26)17-11-19(25-18-7-5-4-6-16(17)18)15-8-9-20(27-2)21(10-15)28-3;;/h4-11,14H,12-13,23H2,1-3H3,(H,24,26);2*1H. The van der Waals surface area contributed by atoms with E-state index in [2.05, 4.69) is 5.32 Å². The Morgan fingerprint density at radius 2 is 1.77 bits per heavy atom. The lowest BCUT2D eigenvalue weighted by atomic mass is 10.0. The number of carbonyl (C=O) groups excluding carboxylic acids is 1. The van der Waals surface area contributed by atoms with Gasteiger partial charge in [0, 0.05) is 17.5 Å². The lowest BCUT2D eigenvalue weighted by Gasteiger charge is -2.14. The number of hydrogen-bond donors (Lipinski definition) is 2. The average molecular weight is 452 g/mol. The molecule has 3 rings (SSSR count). The van der Waals surface area contributed by atoms with Gasteiger partial charge in [-0.1, -0.05) is 25.1 Å². The van der Waals surface area contributed by atoms with Crippen LogP contribution in [-0.4, -0.2) is 38.2 Å². The number of para-hydroxylation sites is 1. The van der Waals surface area contributed by atoms with E-state index in [1.807, 2.05) is 55.5 Å². The summed E-state index contributed by atoms with van der Waals surface area (Å²) in [6.45, 7) is 3.05. The van der Waals surface area contributed by atoms with Crippen molar-refractivity contribution in [1.82, 2.24) is 10.3 Å². The van der Waals surface area contributed by atoms with Crippen LogP contribution >= 0.6 is 24.8 Å². The number of rotatable bonds is 7. The van der Waals surface area contributed by atoms with Crippen LogP contribution in [-0.2, 0) is 0 Å². The number of hydrogen-bond acceptors (Lipinski definition) is 5. The fourth-order valence-electron chi connectivity index (χ4n) is 2.95. The summed E-state index contributed by atoms with van der Waals surface area (Å²) in [5, 5.41) is 3.78. The maximum atomic E-state index is 12.9. The third-order valence-electron chi connectivity index (χ3n) is 4.65. The Labute approximate surface area is 189 Å². The summed E-state index contributed by atoms with van der Waals surface area (Å²) in [5.41, 5.74) is 8.53. The molecule has 0 spiro atoms. The van der Waals surface area contributed by atoms with Gasteiger partial charge in [-0.05, 0) is 42.8 Å². The van der Waals surface area contributed by atoms with Crippen LogP contribution in [0.15, 0.2) is 48.5 Å². The van der Waals surface area contributed by atoms with Crippen molar-refractivity contribution in [2.45, 2.75) is 6.92 Å². The van der Waals surface area contributed by atoms with Crippen LogP contribution in [0.1, 0.15) is 17.3 Å². The number of fused-ring (bicyclic) bond motifs is 1. The highest BCUT2D eigenvalue weighted by Crippen LogP contribution is 2.33. The van der Waals surface area contributed by atoms with Gasteiger partial charge in [-0.3, -0.25) is 4.79 Å². The molecule has 1 atom stereocenters. The molecule has 1 heterocycles. The summed E-state index contributed by atoms with van der Waals surface area (Å²) in [6, 6.07) is 15.0. The molecule has 3 N–H and O–H groups in total. The molecular weight excluding hydrogens is 425 g/mol. The molecule has 1 unspecified atom stereocenters. The maximum absolute atomic E-state index is 12.9. The van der Waals surface area contributed by atoms with E-state index in [4.69, 9.17) is 20.2 Å². The summed E-state index contributed by atoms with van der Waals surface area (Å²) in [4.78, 5) is 17.6. The van der Waals surface area contributed by atoms with Crippen LogP contribution in [0.3, 0.4) is 0 Å². The summed E-state index contributed by atoms with van der Waals surface area (Å²) in [6.07, 6.45) is 0. The Kier molecular flexibility index (Phi) is 9.85. The average Bonchev–Trinajstić information content (AvgIpc) is 2.75. The van der Waals surface area contributed by atoms with Crippen molar-refractivity contribution in [3.63, 3.8) is 0 Å². The number of carbonyl (C=O) groups is 1. The molecule has 6 nitrogen and oxygen atoms in total. The molecule has 0 saturated heterocycles. The number of nitrogens with one attached hydrogen (secondary N) is 1. The van der Waals surface area contributed by atoms with Gasteiger partial charge in [0.15, 0.2) is 11.5 Å². The largest absolute Gasteiger partial charge is 0.493 e. The molecule has 0 aliphatic carbocycles. The third kappa shape index (κ3) is 5.53. The van der Waals surface area contributed by atoms with Gasteiger partial charge in [0.05, 0.1) is 31.0 Å². The van der Waals surface area contributed by atoms with Crippen LogP contribution in [0.2, 0.25) is 0 Å². The molecule has 1 aromatic heterocycles. The van der Waals surface area contributed by atoms with Crippen molar-refractivity contribution in [3.05, 3.63) is 54.1 Å². The van der Waals surface area contributed by atoms with Gasteiger partial charge in [0.2, 0.25) is 0 Å². The number of benzene rings is 2. The SMILES string of the molecule is COc1ccc(-c2cc(C(=O)NCC(C)CN)c3ccccc3n2)cc1OC.Cl.Cl. The quantitative estimate of drug-likeness (QED) is 0.564. The summed E-state index contributed by atoms with van der Waals surface area (Å²) in [7, 11) is 3.18. The minimum absolute atomic E-state index is 0. The second-order valence-corrected chi connectivity index (χ2v) is 6.69. The minimum atomic E-state index is -0.138. The number of ether oxygens (including phenoxy) is 2. The Morgan fingerprint density at radius 3 is 2.43 bits per heavy atom. The highest BCUT2D eigenvalue weighted by Gasteiger charge is 2.15. The van der Waals surface area contributed by atoms with E-state index < -0.39 is 0 Å². The summed E-state index contributed by atoms with van der Waals surface area (Å²) < 4.78 is 10.7. The first-order valence-electron chi connectivity index (χ1n) is 9.17. The zero-order valence-electron chi connectivity index (χ0n) is 17.2. The molecule has 0 aliphatic heterocycles. The lowest BCUT2D eigenvalue weighted by Crippen LogP contribution is -2.31. The predicted molar refractivity (Wildman–Crippen MR) is 125 cm³/mol. The first-order valence-corrected chi connectivity index (χ1v) is 9.17. The molecule has 3 aromatic rings. The molecule has 1 amide bonds. The Morgan fingerprint density at radius 1 is 1.07 bits per heavy atom. The van der Waals surface area contributed by atoms with Crippen LogP contribution < -0.4 is 20.5 Å². The van der Waals surface area contributed by atoms with Crippen molar-refractivity contribution in [2.24, 2.45) is 11.7 Å². The second kappa shape index (κ2) is 11.6. The lowest BCUT2D eigenvalue weighted by molar-refractivity contribution is 0.0950. The molecule has 2 aromatic carbocycles. The van der Waals surface area contributed by atoms with Crippen molar-refractivity contribution in [1.29, 1.82) is 0 Å². The minimum Gasteiger partial charge on any atom is -0.493 e. The number of methoxy groups -OCH3 is 2. The number of halogens is 2. The number of nitrogens with zero attached hydrogens (tertiary/aromatic N) is 1. The number of aromatic nitrogens is 1. The van der Waals surface area contributed by atoms with E-state index in [1.165, 1.54) is 0 Å². The molecule has 8 heteroatoms. The topological polar surface area (TPSA) is 86.5 Å². The Bertz CT molecular complexity index is 999. The smallest absolute Gasteiger partial charge is 0.252 e. The van der Waals surface area contributed by atoms with Gasteiger partial charge in [-0.2, -0.15) is 0 Å². The molecule has 162 valence electrons. The number of amides is 1. The first-order chi connectivity index (χ1) is 13.6. The van der Waals surface area contributed by atoms with Crippen LogP contribution in [0.4, 0.5) is 0 Å². The van der Waals surface area contributed by atoms with Crippen LogP contribution in [0.25, 0.3) is 22.2 Å². The predicted octanol–water partition coefficient (Wildman–Crippen LogP) is 4.09. The van der Waals surface area contributed by atoms with Gasteiger partial charge >= 0.3 is 0 Å². The monoisotopic (exact) mass is 451 g/mol. The van der Waals surface area contributed by atoms with Crippen molar-refractivity contribution in [2.75, 3.05) is 27.3 Å². The number of nitrogens with two attached hydrogens (primary N) is 1. The van der Waals surface area contributed by atoms with Gasteiger partial charge in [0.1, 0.15) is 0 Å². The van der Waals surface area contributed by atoms with Crippen molar-refractivity contribution >= 4 is 41.6 Å². The molecule has 0 aliphatic rings. The van der Waals surface area contributed by atoms with E-state index in [0.717, 1.165) is 16.5 Å². The van der Waals surface area contributed by atoms with Gasteiger partial charge in [0.25, 0.3) is 5.91 Å². The van der Waals surface area contributed by atoms with Crippen LogP contribution in [0.5, 0.6) is 11.5 Å². The molecule has 0 saturated carbocycles. The van der Waals surface area contributed by atoms with E-state index >= 15 is 0 Å². The normalized spacial score (nSPS) is 11.1. The molecule has 0 fully saturated rings. The summed E-state index contributed by atoms with van der Waals surface area (Å²) in [5.74, 6) is 1.32. The summed E-state index contributed by atoms with van der Waals surface area (Å²) >= 11 is 0. The Balaban J connectivity index is 0.00000225. The van der Waals surface area contributed by atoms with Crippen molar-refractivity contribution in [3.8, 4) is 22.8 Å². The van der Waals surface area contributed by atoms with E-state index in [1.54, 1.807) is 14.2 Å². The highest BCUT2D eigenvalue weighted by molar-refractivity contribution is 6.07. The zero-order valence-corrected chi connectivity index (χ0v) is 18.8. The molecule has 30 heavy (non-hydrogen) atoms. The molecule has 0 bridgehead atoms. The van der Waals surface area contributed by atoms with E-state index in [9.17, 15) is 4.79 Å². The van der Waals surface area contributed by atoms with Gasteiger partial charge < -0.3 is 20.5 Å². The van der Waals surface area contributed by atoms with Crippen molar-refractivity contribution < 1.29 is 14.3 Å². The maximum Gasteiger partial charge on any atom is 0.252 e. The molecular formula is C22H27Cl2N3O3. The number of pyridine rings is 1. The van der Waals surface area contributed by atoms with E-state index in [0.29, 0.717) is 35.8 Å². The first kappa shape index (κ1) is 25.5. The Hall–Kier alpha value is -2.54. The zero-order chi connectivity index (χ0) is 20.1. The fourth-order valence-corrected chi connectivity index (χ4v) is 2.95. The molecule has 0 radical (unpaired) electrons. The van der Waals surface area contributed by atoms with Gasteiger partial charge in [-0.25, -0.2) is 4.98 Å². The third-order valence-corrected chi connectivity index (χ3v) is 4.65. The van der Waals surface area contributed by atoms with Crippen LogP contribution in [0, 0.1) is 5.92 Å².